The Morgan fingerprint density at radius 1 is 1.27 bits per heavy atom. The lowest BCUT2D eigenvalue weighted by Crippen LogP contribution is -2.28. The van der Waals surface area contributed by atoms with Gasteiger partial charge in [-0.15, -0.1) is 0 Å². The van der Waals surface area contributed by atoms with E-state index in [4.69, 9.17) is 16.9 Å². The fourth-order valence-corrected chi connectivity index (χ4v) is 1.94. The van der Waals surface area contributed by atoms with Crippen molar-refractivity contribution in [2.75, 3.05) is 14.1 Å². The monoisotopic (exact) mass is 354 g/mol. The molecule has 0 atom stereocenters. The molecule has 0 fully saturated rings. The number of benzene rings is 1. The lowest BCUT2D eigenvalue weighted by molar-refractivity contribution is -0.115. The van der Waals surface area contributed by atoms with Gasteiger partial charge in [0.2, 0.25) is 5.76 Å². The van der Waals surface area contributed by atoms with E-state index >= 15 is 0 Å². The van der Waals surface area contributed by atoms with E-state index in [9.17, 15) is 21.6 Å². The van der Waals surface area contributed by atoms with Crippen molar-refractivity contribution in [2.45, 2.75) is 6.18 Å². The van der Waals surface area contributed by atoms with Gasteiger partial charge < -0.3 is 4.18 Å². The zero-order valence-electron chi connectivity index (χ0n) is 11.3. The lowest BCUT2D eigenvalue weighted by atomic mass is 10.1. The molecule has 1 aromatic rings. The topological polar surface area (TPSA) is 70.4 Å². The summed E-state index contributed by atoms with van der Waals surface area (Å²) < 4.78 is 66.8. The van der Waals surface area contributed by atoms with Crippen molar-refractivity contribution in [1.82, 2.24) is 4.31 Å². The molecule has 0 aromatic heterocycles. The molecule has 0 bridgehead atoms. The quantitative estimate of drug-likeness (QED) is 0.615. The minimum atomic E-state index is -5.17. The molecule has 22 heavy (non-hydrogen) atoms. The summed E-state index contributed by atoms with van der Waals surface area (Å²) in [5.74, 6) is -1.91. The van der Waals surface area contributed by atoms with Crippen LogP contribution in [0.1, 0.15) is 5.56 Å². The Balaban J connectivity index is 3.53. The Morgan fingerprint density at radius 2 is 1.77 bits per heavy atom. The fraction of sp³-hybridized carbons (Fsp3) is 0.250. The van der Waals surface area contributed by atoms with E-state index in [1.165, 1.54) is 18.2 Å². The molecule has 5 nitrogen and oxygen atoms in total. The van der Waals surface area contributed by atoms with Gasteiger partial charge in [0.1, 0.15) is 11.6 Å². The first-order chi connectivity index (χ1) is 9.99. The maximum Gasteiger partial charge on any atom is 0.452 e. The predicted molar refractivity (Wildman–Crippen MR) is 73.7 cm³/mol. The SMILES string of the molecule is CN(C)S(=O)(=O)OC(=C(C#N)c1ccc(Cl)cc1)C(F)(F)F. The molecular weight excluding hydrogens is 345 g/mol. The number of nitriles is 1. The highest BCUT2D eigenvalue weighted by molar-refractivity contribution is 7.84. The molecule has 0 saturated heterocycles. The van der Waals surface area contributed by atoms with Crippen molar-refractivity contribution < 1.29 is 25.8 Å². The molecule has 120 valence electrons. The van der Waals surface area contributed by atoms with E-state index in [1.807, 2.05) is 0 Å². The van der Waals surface area contributed by atoms with Gasteiger partial charge >= 0.3 is 16.5 Å². The van der Waals surface area contributed by atoms with Crippen LogP contribution in [0, 0.1) is 11.3 Å². The zero-order chi connectivity index (χ0) is 17.1. The second kappa shape index (κ2) is 6.56. The van der Waals surface area contributed by atoms with Gasteiger partial charge in [0.05, 0.1) is 0 Å². The molecule has 0 aliphatic heterocycles. The number of alkyl halides is 3. The van der Waals surface area contributed by atoms with Crippen LogP contribution < -0.4 is 0 Å². The summed E-state index contributed by atoms with van der Waals surface area (Å²) in [6.45, 7) is 0. The van der Waals surface area contributed by atoms with E-state index in [0.717, 1.165) is 26.2 Å². The smallest absolute Gasteiger partial charge is 0.364 e. The van der Waals surface area contributed by atoms with Crippen molar-refractivity contribution >= 4 is 27.5 Å². The van der Waals surface area contributed by atoms with Crippen molar-refractivity contribution in [2.24, 2.45) is 0 Å². The third kappa shape index (κ3) is 4.37. The van der Waals surface area contributed by atoms with E-state index in [2.05, 4.69) is 4.18 Å². The Labute approximate surface area is 130 Å². The van der Waals surface area contributed by atoms with E-state index in [1.54, 1.807) is 0 Å². The average molecular weight is 355 g/mol. The van der Waals surface area contributed by atoms with Crippen LogP contribution in [0.3, 0.4) is 0 Å². The Morgan fingerprint density at radius 3 is 2.14 bits per heavy atom. The van der Waals surface area contributed by atoms with Crippen LogP contribution in [-0.4, -0.2) is 33.0 Å². The molecule has 1 aromatic carbocycles. The molecule has 1 rings (SSSR count). The third-order valence-electron chi connectivity index (χ3n) is 2.37. The third-order valence-corrected chi connectivity index (χ3v) is 3.89. The van der Waals surface area contributed by atoms with Gasteiger partial charge in [-0.2, -0.15) is 31.2 Å². The summed E-state index contributed by atoms with van der Waals surface area (Å²) in [6.07, 6.45) is -5.17. The van der Waals surface area contributed by atoms with Crippen LogP contribution >= 0.6 is 11.6 Å². The Hall–Kier alpha value is -1.76. The summed E-state index contributed by atoms with van der Waals surface area (Å²) in [6, 6.07) is 6.15. The molecule has 0 unspecified atom stereocenters. The standard InChI is InChI=1S/C12H10ClF3N2O3S/c1-18(2)22(19,20)21-11(12(14,15)16)10(7-17)8-3-5-9(13)6-4-8/h3-6H,1-2H3. The molecule has 0 N–H and O–H groups in total. The van der Waals surface area contributed by atoms with Crippen molar-refractivity contribution in [1.29, 1.82) is 5.26 Å². The van der Waals surface area contributed by atoms with Crippen LogP contribution in [-0.2, 0) is 14.5 Å². The zero-order valence-corrected chi connectivity index (χ0v) is 12.9. The molecule has 0 amide bonds. The van der Waals surface area contributed by atoms with E-state index in [0.29, 0.717) is 4.31 Å². The number of hydrogen-bond acceptors (Lipinski definition) is 4. The molecule has 0 radical (unpaired) electrons. The summed E-state index contributed by atoms with van der Waals surface area (Å²) in [5, 5.41) is 9.24. The van der Waals surface area contributed by atoms with Crippen molar-refractivity contribution in [3.8, 4) is 6.07 Å². The molecular formula is C12H10ClF3N2O3S. The van der Waals surface area contributed by atoms with Crippen LogP contribution in [0.5, 0.6) is 0 Å². The molecule has 0 spiro atoms. The summed E-state index contributed by atoms with van der Waals surface area (Å²) >= 11 is 5.62. The molecule has 0 aliphatic carbocycles. The highest BCUT2D eigenvalue weighted by atomic mass is 35.5. The molecule has 0 aliphatic rings. The van der Waals surface area contributed by atoms with Gasteiger partial charge in [-0.3, -0.25) is 0 Å². The highest BCUT2D eigenvalue weighted by Crippen LogP contribution is 2.34. The summed E-state index contributed by atoms with van der Waals surface area (Å²) in [4.78, 5) is 0. The maximum absolute atomic E-state index is 13.1. The Kier molecular flexibility index (Phi) is 5.45. The predicted octanol–water partition coefficient (Wildman–Crippen LogP) is 2.96. The number of halogens is 4. The minimum Gasteiger partial charge on any atom is -0.364 e. The number of allylic oxidation sites excluding steroid dienone is 2. The van der Waals surface area contributed by atoms with E-state index < -0.39 is 27.8 Å². The van der Waals surface area contributed by atoms with Crippen molar-refractivity contribution in [3.63, 3.8) is 0 Å². The van der Waals surface area contributed by atoms with Crippen molar-refractivity contribution in [3.05, 3.63) is 40.6 Å². The normalized spacial score (nSPS) is 13.5. The van der Waals surface area contributed by atoms with Gasteiger partial charge in [0, 0.05) is 19.1 Å². The van der Waals surface area contributed by atoms with Gasteiger partial charge in [0.15, 0.2) is 0 Å². The van der Waals surface area contributed by atoms with Gasteiger partial charge in [0.25, 0.3) is 0 Å². The lowest BCUT2D eigenvalue weighted by Gasteiger charge is -2.17. The molecule has 10 heteroatoms. The molecule has 0 saturated carbocycles. The summed E-state index contributed by atoms with van der Waals surface area (Å²) in [5.41, 5.74) is -1.14. The number of nitrogens with zero attached hydrogens (tertiary/aromatic N) is 2. The maximum atomic E-state index is 13.1. The summed E-state index contributed by atoms with van der Waals surface area (Å²) in [7, 11) is -2.68. The minimum absolute atomic E-state index is 0.173. The van der Waals surface area contributed by atoms with Gasteiger partial charge in [-0.1, -0.05) is 23.7 Å². The second-order valence-electron chi connectivity index (χ2n) is 4.14. The van der Waals surface area contributed by atoms with Crippen LogP contribution in [0.25, 0.3) is 5.57 Å². The van der Waals surface area contributed by atoms with Crippen LogP contribution in [0.2, 0.25) is 5.02 Å². The average Bonchev–Trinajstić information content (AvgIpc) is 2.39. The number of rotatable bonds is 4. The molecule has 0 heterocycles. The first-order valence-corrected chi connectivity index (χ1v) is 7.33. The largest absolute Gasteiger partial charge is 0.452 e. The van der Waals surface area contributed by atoms with Crippen LogP contribution in [0.4, 0.5) is 13.2 Å². The van der Waals surface area contributed by atoms with E-state index in [-0.39, 0.29) is 10.6 Å². The highest BCUT2D eigenvalue weighted by Gasteiger charge is 2.42. The van der Waals surface area contributed by atoms with Crippen LogP contribution in [0.15, 0.2) is 30.0 Å². The first-order valence-electron chi connectivity index (χ1n) is 5.58. The first kappa shape index (κ1) is 18.3. The fourth-order valence-electron chi connectivity index (χ4n) is 1.27. The Bertz CT molecular complexity index is 719. The number of hydrogen-bond donors (Lipinski definition) is 0. The second-order valence-corrected chi connectivity index (χ2v) is 6.33. The van der Waals surface area contributed by atoms with Gasteiger partial charge in [-0.05, 0) is 17.7 Å². The van der Waals surface area contributed by atoms with Gasteiger partial charge in [-0.25, -0.2) is 0 Å².